The molecule has 0 spiro atoms. The maximum Gasteiger partial charge on any atom is 0.417 e. The van der Waals surface area contributed by atoms with Gasteiger partial charge in [-0.3, -0.25) is 9.97 Å². The van der Waals surface area contributed by atoms with Gasteiger partial charge >= 0.3 is 6.09 Å². The number of carbonyl (C=O) groups excluding carboxylic acids is 1. The molecule has 2 aromatic carbocycles. The molecule has 8 nitrogen and oxygen atoms in total. The maximum atomic E-state index is 15.2. The standard InChI is InChI=1S/C26H18ClFN4O4S/c1-34-16-7-13-6-14(27)8-17(22(13)30-12-16)25-31-20-10-19(28)23-18(24(20)37-25)9-21(36-23)32(26(33)35-2)15-4-3-5-29-11-15/h3-8,10-12,21H,9H2,1-2H3/t21-/m1/s1. The third kappa shape index (κ3) is 3.98. The van der Waals surface area contributed by atoms with Crippen molar-refractivity contribution in [3.63, 3.8) is 0 Å². The molecule has 0 N–H and O–H groups in total. The molecule has 1 aliphatic rings. The topological polar surface area (TPSA) is 86.7 Å². The Kier molecular flexibility index (Phi) is 5.77. The third-order valence-corrected chi connectivity index (χ3v) is 7.47. The number of rotatable bonds is 4. The van der Waals surface area contributed by atoms with Crippen LogP contribution in [-0.4, -0.2) is 41.5 Å². The van der Waals surface area contributed by atoms with E-state index in [-0.39, 0.29) is 12.2 Å². The first-order chi connectivity index (χ1) is 18.0. The predicted octanol–water partition coefficient (Wildman–Crippen LogP) is 6.24. The minimum atomic E-state index is -0.821. The number of methoxy groups -OCH3 is 2. The molecule has 6 rings (SSSR count). The Morgan fingerprint density at radius 3 is 2.86 bits per heavy atom. The summed E-state index contributed by atoms with van der Waals surface area (Å²) in [5, 5.41) is 1.95. The van der Waals surface area contributed by atoms with Gasteiger partial charge in [0.25, 0.3) is 0 Å². The zero-order chi connectivity index (χ0) is 25.7. The van der Waals surface area contributed by atoms with Gasteiger partial charge in [0.05, 0.1) is 48.0 Å². The first-order valence-corrected chi connectivity index (χ1v) is 12.4. The number of ether oxygens (including phenoxy) is 3. The Morgan fingerprint density at radius 1 is 1.24 bits per heavy atom. The molecule has 0 fully saturated rings. The highest BCUT2D eigenvalue weighted by Gasteiger charge is 2.37. The summed E-state index contributed by atoms with van der Waals surface area (Å²) in [5.41, 5.74) is 3.00. The Balaban J connectivity index is 1.45. The minimum Gasteiger partial charge on any atom is -0.495 e. The highest BCUT2D eigenvalue weighted by Crippen LogP contribution is 2.44. The van der Waals surface area contributed by atoms with Crippen LogP contribution in [0.4, 0.5) is 14.9 Å². The van der Waals surface area contributed by atoms with Crippen molar-refractivity contribution in [1.82, 2.24) is 15.0 Å². The quantitative estimate of drug-likeness (QED) is 0.268. The van der Waals surface area contributed by atoms with Gasteiger partial charge in [0.1, 0.15) is 10.8 Å². The van der Waals surface area contributed by atoms with E-state index < -0.39 is 18.1 Å². The second-order valence-electron chi connectivity index (χ2n) is 8.26. The zero-order valence-corrected chi connectivity index (χ0v) is 21.1. The van der Waals surface area contributed by atoms with Crippen molar-refractivity contribution in [2.24, 2.45) is 0 Å². The number of aromatic nitrogens is 3. The van der Waals surface area contributed by atoms with Crippen LogP contribution in [0.3, 0.4) is 0 Å². The van der Waals surface area contributed by atoms with Gasteiger partial charge in [-0.05, 0) is 30.3 Å². The van der Waals surface area contributed by atoms with Gasteiger partial charge in [-0.1, -0.05) is 11.6 Å². The summed E-state index contributed by atoms with van der Waals surface area (Å²) in [4.78, 5) is 27.3. The third-order valence-electron chi connectivity index (χ3n) is 6.09. The molecule has 1 atom stereocenters. The van der Waals surface area contributed by atoms with Crippen molar-refractivity contribution < 1.29 is 23.4 Å². The van der Waals surface area contributed by atoms with Gasteiger partial charge in [0.2, 0.25) is 0 Å². The van der Waals surface area contributed by atoms with E-state index in [2.05, 4.69) is 9.97 Å². The molecule has 5 aromatic rings. The molecule has 0 saturated heterocycles. The molecular weight excluding hydrogens is 519 g/mol. The van der Waals surface area contributed by atoms with E-state index in [1.165, 1.54) is 35.6 Å². The van der Waals surface area contributed by atoms with Crippen molar-refractivity contribution in [1.29, 1.82) is 0 Å². The van der Waals surface area contributed by atoms with E-state index in [4.69, 9.17) is 30.8 Å². The fourth-order valence-corrected chi connectivity index (χ4v) is 5.79. The first kappa shape index (κ1) is 23.4. The second kappa shape index (κ2) is 9.13. The Labute approximate surface area is 219 Å². The SMILES string of the molecule is COC(=O)N(c1cccnc1)[C@H]1Cc2c(c(F)cc3nc(-c4cc(Cl)cc5cc(OC)cnc45)sc23)O1. The summed E-state index contributed by atoms with van der Waals surface area (Å²) in [6, 6.07) is 10.2. The number of thiazole rings is 1. The average Bonchev–Trinajstić information content (AvgIpc) is 3.53. The molecule has 4 heterocycles. The largest absolute Gasteiger partial charge is 0.495 e. The van der Waals surface area contributed by atoms with Crippen LogP contribution in [0.1, 0.15) is 5.56 Å². The van der Waals surface area contributed by atoms with Crippen LogP contribution in [0, 0.1) is 5.82 Å². The number of hydrogen-bond acceptors (Lipinski definition) is 8. The lowest BCUT2D eigenvalue weighted by atomic mass is 10.1. The Bertz CT molecular complexity index is 1680. The Morgan fingerprint density at radius 2 is 2.11 bits per heavy atom. The molecule has 0 radical (unpaired) electrons. The number of carbonyl (C=O) groups is 1. The normalized spacial score (nSPS) is 14.4. The van der Waals surface area contributed by atoms with Crippen LogP contribution in [0.25, 0.3) is 31.7 Å². The summed E-state index contributed by atoms with van der Waals surface area (Å²) < 4.78 is 32.2. The molecule has 0 bridgehead atoms. The average molecular weight is 537 g/mol. The lowest BCUT2D eigenvalue weighted by Gasteiger charge is -2.26. The molecule has 0 unspecified atom stereocenters. The van der Waals surface area contributed by atoms with Gasteiger partial charge < -0.3 is 14.2 Å². The van der Waals surface area contributed by atoms with Gasteiger partial charge in [0.15, 0.2) is 17.8 Å². The number of anilines is 1. The fourth-order valence-electron chi connectivity index (χ4n) is 4.45. The number of halogens is 2. The van der Waals surface area contributed by atoms with Crippen LogP contribution in [-0.2, 0) is 11.2 Å². The summed E-state index contributed by atoms with van der Waals surface area (Å²) in [6.07, 6.45) is 3.52. The van der Waals surface area contributed by atoms with E-state index in [1.807, 2.05) is 6.07 Å². The van der Waals surface area contributed by atoms with E-state index >= 15 is 4.39 Å². The molecule has 3 aromatic heterocycles. The number of amides is 1. The summed E-state index contributed by atoms with van der Waals surface area (Å²) in [5.74, 6) is 0.137. The Hall–Kier alpha value is -4.02. The van der Waals surface area contributed by atoms with Crippen LogP contribution >= 0.6 is 22.9 Å². The van der Waals surface area contributed by atoms with Crippen molar-refractivity contribution in [2.45, 2.75) is 12.6 Å². The lowest BCUT2D eigenvalue weighted by Crippen LogP contribution is -2.43. The second-order valence-corrected chi connectivity index (χ2v) is 9.70. The predicted molar refractivity (Wildman–Crippen MR) is 139 cm³/mol. The summed E-state index contributed by atoms with van der Waals surface area (Å²) in [7, 11) is 2.85. The number of benzene rings is 2. The zero-order valence-electron chi connectivity index (χ0n) is 19.6. The summed E-state index contributed by atoms with van der Waals surface area (Å²) in [6.45, 7) is 0. The highest BCUT2D eigenvalue weighted by atomic mass is 35.5. The van der Waals surface area contributed by atoms with E-state index in [1.54, 1.807) is 43.8 Å². The number of hydrogen-bond donors (Lipinski definition) is 0. The molecule has 0 saturated carbocycles. The van der Waals surface area contributed by atoms with Crippen molar-refractivity contribution in [3.05, 3.63) is 71.4 Å². The number of nitrogens with zero attached hydrogens (tertiary/aromatic N) is 4. The number of fused-ring (bicyclic) bond motifs is 4. The maximum absolute atomic E-state index is 15.2. The molecule has 1 aliphatic heterocycles. The molecule has 11 heteroatoms. The van der Waals surface area contributed by atoms with Gasteiger partial charge in [0, 0.05) is 40.2 Å². The fraction of sp³-hybridized carbons (Fsp3) is 0.154. The first-order valence-electron chi connectivity index (χ1n) is 11.2. The lowest BCUT2D eigenvalue weighted by molar-refractivity contribution is 0.154. The van der Waals surface area contributed by atoms with Crippen molar-refractivity contribution in [2.75, 3.05) is 19.1 Å². The monoisotopic (exact) mass is 536 g/mol. The van der Waals surface area contributed by atoms with Crippen LogP contribution in [0.15, 0.2) is 55.0 Å². The summed E-state index contributed by atoms with van der Waals surface area (Å²) >= 11 is 7.80. The number of pyridine rings is 2. The van der Waals surface area contributed by atoms with Gasteiger partial charge in [-0.25, -0.2) is 19.1 Å². The molecule has 0 aliphatic carbocycles. The minimum absolute atomic E-state index is 0.0873. The van der Waals surface area contributed by atoms with Gasteiger partial charge in [-0.2, -0.15) is 0 Å². The van der Waals surface area contributed by atoms with Gasteiger partial charge in [-0.15, -0.1) is 11.3 Å². The van der Waals surface area contributed by atoms with Crippen LogP contribution in [0.2, 0.25) is 5.02 Å². The van der Waals surface area contributed by atoms with E-state index in [9.17, 15) is 4.79 Å². The van der Waals surface area contributed by atoms with Crippen molar-refractivity contribution >= 4 is 55.8 Å². The van der Waals surface area contributed by atoms with Crippen molar-refractivity contribution in [3.8, 4) is 22.1 Å². The smallest absolute Gasteiger partial charge is 0.417 e. The van der Waals surface area contributed by atoms with Crippen LogP contribution in [0.5, 0.6) is 11.5 Å². The van der Waals surface area contributed by atoms with E-state index in [0.29, 0.717) is 38.1 Å². The molecule has 186 valence electrons. The molecular formula is C26H18ClFN4O4S. The molecule has 1 amide bonds. The molecule has 37 heavy (non-hydrogen) atoms. The highest BCUT2D eigenvalue weighted by molar-refractivity contribution is 7.22. The van der Waals surface area contributed by atoms with Crippen LogP contribution < -0.4 is 14.4 Å². The van der Waals surface area contributed by atoms with E-state index in [0.717, 1.165) is 15.6 Å².